The fourth-order valence-corrected chi connectivity index (χ4v) is 2.81. The Hall–Kier alpha value is -3.09. The van der Waals surface area contributed by atoms with E-state index < -0.39 is 23.5 Å². The van der Waals surface area contributed by atoms with E-state index in [1.807, 2.05) is 33.8 Å². The maximum atomic E-state index is 12.8. The number of hydrogen-bond donors (Lipinski definition) is 1. The second-order valence-electron chi connectivity index (χ2n) is 7.47. The van der Waals surface area contributed by atoms with Crippen molar-refractivity contribution in [2.75, 3.05) is 0 Å². The Bertz CT molecular complexity index is 980. The van der Waals surface area contributed by atoms with Crippen LogP contribution in [0.25, 0.3) is 11.1 Å². The van der Waals surface area contributed by atoms with Gasteiger partial charge >= 0.3 is 5.97 Å². The third-order valence-corrected chi connectivity index (χ3v) is 3.98. The van der Waals surface area contributed by atoms with Gasteiger partial charge in [0.2, 0.25) is 6.10 Å². The average Bonchev–Trinajstić information content (AvgIpc) is 3.09. The predicted molar refractivity (Wildman–Crippen MR) is 100 cm³/mol. The Labute approximate surface area is 157 Å². The minimum atomic E-state index is -1.15. The van der Waals surface area contributed by atoms with Crippen LogP contribution in [-0.4, -0.2) is 27.0 Å². The number of nitrogens with one attached hydrogen (secondary N) is 1. The summed E-state index contributed by atoms with van der Waals surface area (Å²) in [5.74, 6) is -0.295. The average molecular weight is 369 g/mol. The first kappa shape index (κ1) is 18.7. The quantitative estimate of drug-likeness (QED) is 0.713. The van der Waals surface area contributed by atoms with E-state index >= 15 is 0 Å². The van der Waals surface area contributed by atoms with Gasteiger partial charge in [0, 0.05) is 30.9 Å². The second-order valence-corrected chi connectivity index (χ2v) is 7.47. The first-order valence-corrected chi connectivity index (χ1v) is 8.65. The van der Waals surface area contributed by atoms with Gasteiger partial charge in [-0.15, -0.1) is 0 Å². The van der Waals surface area contributed by atoms with Gasteiger partial charge < -0.3 is 19.0 Å². The fraction of sp³-hybridized carbons (Fsp3) is 0.350. The van der Waals surface area contributed by atoms with E-state index in [9.17, 15) is 9.59 Å². The zero-order valence-electron chi connectivity index (χ0n) is 16.1. The highest BCUT2D eigenvalue weighted by atomic mass is 16.5. The summed E-state index contributed by atoms with van der Waals surface area (Å²) in [6.07, 6.45) is 0.403. The van der Waals surface area contributed by atoms with Gasteiger partial charge in [-0.05, 0) is 39.8 Å². The van der Waals surface area contributed by atoms with E-state index in [0.717, 1.165) is 11.3 Å². The van der Waals surface area contributed by atoms with Crippen molar-refractivity contribution in [2.24, 2.45) is 7.05 Å². The molecule has 7 nitrogen and oxygen atoms in total. The van der Waals surface area contributed by atoms with E-state index in [2.05, 4.69) is 10.3 Å². The topological polar surface area (TPSA) is 86.4 Å². The Morgan fingerprint density at radius 3 is 2.59 bits per heavy atom. The summed E-state index contributed by atoms with van der Waals surface area (Å²) >= 11 is 0. The number of hydrogen-bond acceptors (Lipinski definition) is 5. The largest absolute Gasteiger partial charge is 0.460 e. The molecule has 0 radical (unpaired) electrons. The van der Waals surface area contributed by atoms with Gasteiger partial charge in [0.05, 0.1) is 11.2 Å². The number of aryl methyl sites for hydroxylation is 2. The lowest BCUT2D eigenvalue weighted by Crippen LogP contribution is -2.44. The highest BCUT2D eigenvalue weighted by Gasteiger charge is 2.30. The summed E-state index contributed by atoms with van der Waals surface area (Å²) in [4.78, 5) is 29.7. The molecule has 3 rings (SSSR count). The number of pyridine rings is 1. The molecule has 0 aliphatic heterocycles. The number of rotatable bonds is 4. The van der Waals surface area contributed by atoms with Crippen LogP contribution in [0, 0.1) is 6.92 Å². The third kappa shape index (κ3) is 4.02. The minimum absolute atomic E-state index is 0.299. The summed E-state index contributed by atoms with van der Waals surface area (Å²) < 4.78 is 12.8. The number of aromatic nitrogens is 2. The lowest BCUT2D eigenvalue weighted by atomic mass is 10.1. The molecule has 3 aromatic rings. The summed E-state index contributed by atoms with van der Waals surface area (Å²) in [6, 6.07) is 8.58. The van der Waals surface area contributed by atoms with Gasteiger partial charge in [0.15, 0.2) is 5.58 Å². The standard InChI is InChI=1S/C20H23N3O4/c1-12-10-14-16(26-12)11-15(23(14)5)19(25)27-17(13-8-6-7-9-21-13)18(24)22-20(2,3)4/h6-11,17H,1-5H3,(H,22,24). The Morgan fingerprint density at radius 1 is 1.26 bits per heavy atom. The fourth-order valence-electron chi connectivity index (χ4n) is 2.81. The molecular formula is C20H23N3O4. The molecule has 0 aliphatic rings. The number of furan rings is 1. The van der Waals surface area contributed by atoms with Crippen LogP contribution in [0.5, 0.6) is 0 Å². The number of fused-ring (bicyclic) bond motifs is 1. The lowest BCUT2D eigenvalue weighted by molar-refractivity contribution is -0.132. The molecule has 0 saturated heterocycles. The third-order valence-electron chi connectivity index (χ3n) is 3.98. The first-order valence-electron chi connectivity index (χ1n) is 8.65. The van der Waals surface area contributed by atoms with Crippen LogP contribution < -0.4 is 5.32 Å². The molecule has 0 fully saturated rings. The van der Waals surface area contributed by atoms with Crippen LogP contribution in [0.2, 0.25) is 0 Å². The van der Waals surface area contributed by atoms with E-state index in [0.29, 0.717) is 17.0 Å². The van der Waals surface area contributed by atoms with Crippen molar-refractivity contribution in [1.82, 2.24) is 14.9 Å². The lowest BCUT2D eigenvalue weighted by Gasteiger charge is -2.24. The number of ether oxygens (including phenoxy) is 1. The maximum absolute atomic E-state index is 12.8. The number of esters is 1. The van der Waals surface area contributed by atoms with E-state index in [-0.39, 0.29) is 0 Å². The monoisotopic (exact) mass is 369 g/mol. The molecule has 1 unspecified atom stereocenters. The molecule has 0 saturated carbocycles. The van der Waals surface area contributed by atoms with Gasteiger partial charge in [0.25, 0.3) is 5.91 Å². The highest BCUT2D eigenvalue weighted by molar-refractivity contribution is 5.96. The molecule has 0 bridgehead atoms. The number of carbonyl (C=O) groups excluding carboxylic acids is 2. The van der Waals surface area contributed by atoms with Crippen molar-refractivity contribution in [1.29, 1.82) is 0 Å². The summed E-state index contributed by atoms with van der Waals surface area (Å²) in [7, 11) is 1.75. The Balaban J connectivity index is 1.90. The molecule has 0 spiro atoms. The molecule has 1 atom stereocenters. The normalized spacial score (nSPS) is 12.8. The van der Waals surface area contributed by atoms with Crippen LogP contribution in [0.3, 0.4) is 0 Å². The summed E-state index contributed by atoms with van der Waals surface area (Å²) in [5.41, 5.74) is 1.57. The molecule has 3 aromatic heterocycles. The van der Waals surface area contributed by atoms with E-state index in [1.54, 1.807) is 42.1 Å². The van der Waals surface area contributed by atoms with Gasteiger partial charge in [-0.3, -0.25) is 9.78 Å². The molecule has 1 N–H and O–H groups in total. The number of carbonyl (C=O) groups is 2. The van der Waals surface area contributed by atoms with E-state index in [1.165, 1.54) is 0 Å². The smallest absolute Gasteiger partial charge is 0.356 e. The van der Waals surface area contributed by atoms with Crippen LogP contribution in [-0.2, 0) is 16.6 Å². The second kappa shape index (κ2) is 6.90. The predicted octanol–water partition coefficient (Wildman–Crippen LogP) is 3.29. The molecule has 0 aliphatic carbocycles. The van der Waals surface area contributed by atoms with Crippen molar-refractivity contribution in [3.8, 4) is 0 Å². The van der Waals surface area contributed by atoms with Crippen LogP contribution in [0.15, 0.2) is 40.9 Å². The molecule has 142 valence electrons. The zero-order valence-corrected chi connectivity index (χ0v) is 16.1. The van der Waals surface area contributed by atoms with Crippen LogP contribution >= 0.6 is 0 Å². The van der Waals surface area contributed by atoms with Gasteiger partial charge in [-0.2, -0.15) is 0 Å². The van der Waals surface area contributed by atoms with Gasteiger partial charge in [-0.1, -0.05) is 6.07 Å². The van der Waals surface area contributed by atoms with Gasteiger partial charge in [-0.25, -0.2) is 4.79 Å². The number of nitrogens with zero attached hydrogens (tertiary/aromatic N) is 2. The summed E-state index contributed by atoms with van der Waals surface area (Å²) in [6.45, 7) is 7.41. The SMILES string of the molecule is Cc1cc2c(cc(C(=O)OC(C(=O)NC(C)(C)C)c3ccccn3)n2C)o1. The van der Waals surface area contributed by atoms with Crippen molar-refractivity contribution < 1.29 is 18.7 Å². The molecule has 3 heterocycles. The molecule has 27 heavy (non-hydrogen) atoms. The number of amides is 1. The molecular weight excluding hydrogens is 346 g/mol. The highest BCUT2D eigenvalue weighted by Crippen LogP contribution is 2.25. The Morgan fingerprint density at radius 2 is 2.00 bits per heavy atom. The van der Waals surface area contributed by atoms with E-state index in [4.69, 9.17) is 9.15 Å². The maximum Gasteiger partial charge on any atom is 0.356 e. The van der Waals surface area contributed by atoms with Gasteiger partial charge in [0.1, 0.15) is 11.5 Å². The molecule has 1 amide bonds. The molecule has 0 aromatic carbocycles. The zero-order chi connectivity index (χ0) is 19.8. The van der Waals surface area contributed by atoms with Crippen LogP contribution in [0.4, 0.5) is 0 Å². The van der Waals surface area contributed by atoms with Crippen molar-refractivity contribution in [3.63, 3.8) is 0 Å². The first-order chi connectivity index (χ1) is 12.7. The minimum Gasteiger partial charge on any atom is -0.460 e. The summed E-state index contributed by atoms with van der Waals surface area (Å²) in [5, 5.41) is 2.84. The molecule has 7 heteroatoms. The Kier molecular flexibility index (Phi) is 4.78. The van der Waals surface area contributed by atoms with Crippen molar-refractivity contribution in [3.05, 3.63) is 53.7 Å². The van der Waals surface area contributed by atoms with Crippen LogP contribution in [0.1, 0.15) is 48.8 Å². The van der Waals surface area contributed by atoms with Crippen molar-refractivity contribution >= 4 is 23.0 Å². The van der Waals surface area contributed by atoms with Crippen molar-refractivity contribution in [2.45, 2.75) is 39.3 Å².